The summed E-state index contributed by atoms with van der Waals surface area (Å²) in [7, 11) is 4.00. The van der Waals surface area contributed by atoms with Crippen LogP contribution in [0.15, 0.2) is 24.3 Å². The van der Waals surface area contributed by atoms with Gasteiger partial charge in [-0.05, 0) is 36.7 Å². The van der Waals surface area contributed by atoms with E-state index >= 15 is 0 Å². The summed E-state index contributed by atoms with van der Waals surface area (Å²) in [6.07, 6.45) is 1.97. The van der Waals surface area contributed by atoms with Gasteiger partial charge in [0, 0.05) is 13.5 Å². The number of fused-ring (bicyclic) bond motifs is 1. The van der Waals surface area contributed by atoms with E-state index < -0.39 is 0 Å². The number of nitrogens with one attached hydrogen (secondary N) is 1. The van der Waals surface area contributed by atoms with Crippen LogP contribution in [0.2, 0.25) is 0 Å². The molecule has 0 spiro atoms. The molecule has 4 heteroatoms. The molecular weight excluding hydrogens is 250 g/mol. The summed E-state index contributed by atoms with van der Waals surface area (Å²) in [6.45, 7) is 2.93. The topological polar surface area (TPSA) is 39.1 Å². The molecule has 3 rings (SSSR count). The zero-order chi connectivity index (χ0) is 14.1. The summed E-state index contributed by atoms with van der Waals surface area (Å²) in [5, 5.41) is 7.95. The SMILES string of the molecule is CCc1cc(C(NC)c2ccc3c(c2)CCO3)n(C)n1. The lowest BCUT2D eigenvalue weighted by Crippen LogP contribution is -2.20. The van der Waals surface area contributed by atoms with E-state index in [1.807, 2.05) is 18.8 Å². The van der Waals surface area contributed by atoms with Crippen molar-refractivity contribution in [2.45, 2.75) is 25.8 Å². The van der Waals surface area contributed by atoms with E-state index in [2.05, 4.69) is 41.6 Å². The first-order valence-electron chi connectivity index (χ1n) is 7.18. The van der Waals surface area contributed by atoms with Gasteiger partial charge in [0.15, 0.2) is 0 Å². The van der Waals surface area contributed by atoms with Crippen molar-refractivity contribution < 1.29 is 4.74 Å². The number of benzene rings is 1. The highest BCUT2D eigenvalue weighted by Crippen LogP contribution is 2.30. The maximum absolute atomic E-state index is 5.58. The molecule has 1 aromatic carbocycles. The van der Waals surface area contributed by atoms with Crippen LogP contribution in [0.5, 0.6) is 5.75 Å². The van der Waals surface area contributed by atoms with E-state index in [1.165, 1.54) is 16.8 Å². The van der Waals surface area contributed by atoms with E-state index in [0.29, 0.717) is 0 Å². The highest BCUT2D eigenvalue weighted by Gasteiger charge is 2.20. The lowest BCUT2D eigenvalue weighted by atomic mass is 10.00. The number of hydrogen-bond donors (Lipinski definition) is 1. The molecule has 4 nitrogen and oxygen atoms in total. The molecule has 0 saturated heterocycles. The maximum Gasteiger partial charge on any atom is 0.122 e. The molecule has 20 heavy (non-hydrogen) atoms. The molecule has 1 atom stereocenters. The third-order valence-electron chi connectivity index (χ3n) is 3.96. The molecule has 1 aliphatic rings. The standard InChI is InChI=1S/C16H21N3O/c1-4-13-10-14(19(3)18-13)16(17-2)12-5-6-15-11(9-12)7-8-20-15/h5-6,9-10,16-17H,4,7-8H2,1-3H3. The lowest BCUT2D eigenvalue weighted by Gasteiger charge is -2.17. The van der Waals surface area contributed by atoms with E-state index in [1.54, 1.807) is 0 Å². The number of ether oxygens (including phenoxy) is 1. The van der Waals surface area contributed by atoms with E-state index in [0.717, 1.165) is 30.9 Å². The Hall–Kier alpha value is -1.81. The molecule has 0 saturated carbocycles. The molecule has 0 aliphatic carbocycles. The summed E-state index contributed by atoms with van der Waals surface area (Å²) in [4.78, 5) is 0. The summed E-state index contributed by atoms with van der Waals surface area (Å²) < 4.78 is 7.56. The second-order valence-corrected chi connectivity index (χ2v) is 5.23. The molecule has 2 aromatic rings. The van der Waals surface area contributed by atoms with E-state index in [4.69, 9.17) is 4.74 Å². The molecule has 1 N–H and O–H groups in total. The number of rotatable bonds is 4. The van der Waals surface area contributed by atoms with Crippen LogP contribution < -0.4 is 10.1 Å². The van der Waals surface area contributed by atoms with Crippen LogP contribution in [0.25, 0.3) is 0 Å². The fourth-order valence-electron chi connectivity index (χ4n) is 2.86. The van der Waals surface area contributed by atoms with Gasteiger partial charge in [-0.25, -0.2) is 0 Å². The smallest absolute Gasteiger partial charge is 0.122 e. The van der Waals surface area contributed by atoms with Crippen LogP contribution in [0, 0.1) is 0 Å². The molecule has 0 amide bonds. The predicted molar refractivity (Wildman–Crippen MR) is 79.1 cm³/mol. The van der Waals surface area contributed by atoms with Crippen molar-refractivity contribution in [1.29, 1.82) is 0 Å². The normalized spacial score (nSPS) is 14.9. The van der Waals surface area contributed by atoms with Gasteiger partial charge >= 0.3 is 0 Å². The minimum atomic E-state index is 0.165. The molecule has 0 radical (unpaired) electrons. The summed E-state index contributed by atoms with van der Waals surface area (Å²) >= 11 is 0. The first kappa shape index (κ1) is 13.2. The number of aryl methyl sites for hydroxylation is 2. The molecule has 0 bridgehead atoms. The number of aromatic nitrogens is 2. The van der Waals surface area contributed by atoms with Crippen LogP contribution in [0.1, 0.15) is 35.5 Å². The average Bonchev–Trinajstić information content (AvgIpc) is 3.06. The van der Waals surface area contributed by atoms with Gasteiger partial charge in [0.25, 0.3) is 0 Å². The Morgan fingerprint density at radius 3 is 2.95 bits per heavy atom. The summed E-state index contributed by atoms with van der Waals surface area (Å²) in [5.41, 5.74) is 4.90. The van der Waals surface area contributed by atoms with Crippen molar-refractivity contribution in [3.8, 4) is 5.75 Å². The van der Waals surface area contributed by atoms with Crippen molar-refractivity contribution in [3.63, 3.8) is 0 Å². The monoisotopic (exact) mass is 271 g/mol. The van der Waals surface area contributed by atoms with Crippen molar-refractivity contribution in [2.75, 3.05) is 13.7 Å². The molecule has 106 valence electrons. The maximum atomic E-state index is 5.58. The molecule has 1 unspecified atom stereocenters. The molecule has 2 heterocycles. The number of nitrogens with zero attached hydrogens (tertiary/aromatic N) is 2. The molecular formula is C16H21N3O. The van der Waals surface area contributed by atoms with Gasteiger partial charge in [-0.2, -0.15) is 5.10 Å². The van der Waals surface area contributed by atoms with Crippen LogP contribution in [-0.2, 0) is 19.9 Å². The van der Waals surface area contributed by atoms with Crippen molar-refractivity contribution >= 4 is 0 Å². The van der Waals surface area contributed by atoms with Crippen LogP contribution in [-0.4, -0.2) is 23.4 Å². The lowest BCUT2D eigenvalue weighted by molar-refractivity contribution is 0.357. The minimum Gasteiger partial charge on any atom is -0.493 e. The first-order valence-corrected chi connectivity index (χ1v) is 7.18. The zero-order valence-electron chi connectivity index (χ0n) is 12.3. The second kappa shape index (κ2) is 5.29. The van der Waals surface area contributed by atoms with Crippen molar-refractivity contribution in [2.24, 2.45) is 7.05 Å². The molecule has 1 aromatic heterocycles. The van der Waals surface area contributed by atoms with Gasteiger partial charge in [-0.15, -0.1) is 0 Å². The Kier molecular flexibility index (Phi) is 3.49. The summed E-state index contributed by atoms with van der Waals surface area (Å²) in [6, 6.07) is 8.83. The van der Waals surface area contributed by atoms with Gasteiger partial charge in [-0.1, -0.05) is 19.1 Å². The first-order chi connectivity index (χ1) is 9.72. The quantitative estimate of drug-likeness (QED) is 0.927. The van der Waals surface area contributed by atoms with Gasteiger partial charge in [0.1, 0.15) is 5.75 Å². The van der Waals surface area contributed by atoms with Crippen LogP contribution >= 0.6 is 0 Å². The van der Waals surface area contributed by atoms with E-state index in [-0.39, 0.29) is 6.04 Å². The van der Waals surface area contributed by atoms with E-state index in [9.17, 15) is 0 Å². The predicted octanol–water partition coefficient (Wildman–Crippen LogP) is 2.23. The Balaban J connectivity index is 1.98. The largest absolute Gasteiger partial charge is 0.493 e. The fourth-order valence-corrected chi connectivity index (χ4v) is 2.86. The van der Waals surface area contributed by atoms with Crippen molar-refractivity contribution in [1.82, 2.24) is 15.1 Å². The summed E-state index contributed by atoms with van der Waals surface area (Å²) in [5.74, 6) is 1.03. The van der Waals surface area contributed by atoms with Gasteiger partial charge in [-0.3, -0.25) is 4.68 Å². The second-order valence-electron chi connectivity index (χ2n) is 5.23. The average molecular weight is 271 g/mol. The van der Waals surface area contributed by atoms with Crippen LogP contribution in [0.3, 0.4) is 0 Å². The van der Waals surface area contributed by atoms with Gasteiger partial charge in [0.05, 0.1) is 24.0 Å². The highest BCUT2D eigenvalue weighted by atomic mass is 16.5. The van der Waals surface area contributed by atoms with Gasteiger partial charge in [0.2, 0.25) is 0 Å². The van der Waals surface area contributed by atoms with Crippen LogP contribution in [0.4, 0.5) is 0 Å². The molecule has 1 aliphatic heterocycles. The Morgan fingerprint density at radius 2 is 2.25 bits per heavy atom. The van der Waals surface area contributed by atoms with Gasteiger partial charge < -0.3 is 10.1 Å². The number of hydrogen-bond acceptors (Lipinski definition) is 3. The fraction of sp³-hybridized carbons (Fsp3) is 0.438. The Bertz CT molecular complexity index is 618. The Labute approximate surface area is 119 Å². The Morgan fingerprint density at radius 1 is 1.40 bits per heavy atom. The third-order valence-corrected chi connectivity index (χ3v) is 3.96. The van der Waals surface area contributed by atoms with Crippen molar-refractivity contribution in [3.05, 3.63) is 46.8 Å². The zero-order valence-corrected chi connectivity index (χ0v) is 12.3. The highest BCUT2D eigenvalue weighted by molar-refractivity contribution is 5.42. The molecule has 0 fully saturated rings. The third kappa shape index (κ3) is 2.20. The minimum absolute atomic E-state index is 0.165.